The molecule has 0 saturated carbocycles. The first-order valence-corrected chi connectivity index (χ1v) is 12.4. The van der Waals surface area contributed by atoms with Crippen LogP contribution < -0.4 is 20.1 Å². The maximum absolute atomic E-state index is 12.8. The zero-order valence-corrected chi connectivity index (χ0v) is 20.4. The Morgan fingerprint density at radius 1 is 1.03 bits per heavy atom. The summed E-state index contributed by atoms with van der Waals surface area (Å²) in [6.45, 7) is 3.34. The van der Waals surface area contributed by atoms with Crippen LogP contribution in [0.15, 0.2) is 54.1 Å². The molecule has 2 aliphatic heterocycles. The van der Waals surface area contributed by atoms with Gasteiger partial charge in [0.1, 0.15) is 18.1 Å². The molecule has 2 aliphatic rings. The molecular formula is C28H35N3O4. The summed E-state index contributed by atoms with van der Waals surface area (Å²) in [6.07, 6.45) is 4.97. The van der Waals surface area contributed by atoms with Gasteiger partial charge in [0, 0.05) is 38.2 Å². The van der Waals surface area contributed by atoms with Crippen LogP contribution in [0.3, 0.4) is 0 Å². The van der Waals surface area contributed by atoms with E-state index in [1.165, 1.54) is 5.56 Å². The summed E-state index contributed by atoms with van der Waals surface area (Å²) in [6, 6.07) is 16.0. The zero-order valence-electron chi connectivity index (χ0n) is 20.4. The van der Waals surface area contributed by atoms with Crippen molar-refractivity contribution in [3.05, 3.63) is 65.2 Å². The van der Waals surface area contributed by atoms with Crippen LogP contribution >= 0.6 is 0 Å². The van der Waals surface area contributed by atoms with Crippen molar-refractivity contribution < 1.29 is 19.1 Å². The van der Waals surface area contributed by atoms with Crippen LogP contribution in [0.25, 0.3) is 6.08 Å². The monoisotopic (exact) mass is 477 g/mol. The molecule has 2 aromatic carbocycles. The maximum Gasteiger partial charge on any atom is 0.234 e. The number of fused-ring (bicyclic) bond motifs is 1. The van der Waals surface area contributed by atoms with E-state index in [2.05, 4.69) is 33.7 Å². The van der Waals surface area contributed by atoms with E-state index in [0.717, 1.165) is 41.9 Å². The number of carbonyl (C=O) groups excluding carboxylic acids is 2. The van der Waals surface area contributed by atoms with Gasteiger partial charge in [-0.15, -0.1) is 0 Å². The Kier molecular flexibility index (Phi) is 8.79. The molecular weight excluding hydrogens is 442 g/mol. The van der Waals surface area contributed by atoms with E-state index < -0.39 is 0 Å². The standard InChI is InChI=1S/C28H35N3O4/c1-34-25-9-10-26-24(17-25)16-21(20-35-26)18-31-15-5-13-29-27(32)11-8-23(12-14-30-28(33)19-31)22-6-3-2-4-7-22/h2-4,6-7,9-10,16-17,23H,5,8,11-15,18-20H2,1H3,(H,29,32)(H,30,33). The van der Waals surface area contributed by atoms with Crippen molar-refractivity contribution in [3.8, 4) is 11.5 Å². The number of hydrogen-bond acceptors (Lipinski definition) is 5. The minimum Gasteiger partial charge on any atom is -0.497 e. The summed E-state index contributed by atoms with van der Waals surface area (Å²) in [5.41, 5.74) is 3.30. The third-order valence-electron chi connectivity index (χ3n) is 6.56. The average Bonchev–Trinajstić information content (AvgIpc) is 2.88. The van der Waals surface area contributed by atoms with Gasteiger partial charge >= 0.3 is 0 Å². The van der Waals surface area contributed by atoms with Crippen molar-refractivity contribution in [1.29, 1.82) is 0 Å². The molecule has 1 unspecified atom stereocenters. The summed E-state index contributed by atoms with van der Waals surface area (Å²) in [7, 11) is 1.65. The molecule has 2 amide bonds. The molecule has 2 aromatic rings. The second-order valence-corrected chi connectivity index (χ2v) is 9.19. The largest absolute Gasteiger partial charge is 0.497 e. The SMILES string of the molecule is COc1ccc2c(c1)C=C(CN1CCCNC(=O)CCC(c3ccccc3)CCNC(=O)C1)CO2. The number of nitrogens with zero attached hydrogens (tertiary/aromatic N) is 1. The van der Waals surface area contributed by atoms with Crippen molar-refractivity contribution in [3.63, 3.8) is 0 Å². The van der Waals surface area contributed by atoms with Gasteiger partial charge < -0.3 is 20.1 Å². The molecule has 0 aliphatic carbocycles. The van der Waals surface area contributed by atoms with E-state index >= 15 is 0 Å². The molecule has 1 fully saturated rings. The molecule has 7 heteroatoms. The van der Waals surface area contributed by atoms with Crippen molar-refractivity contribution >= 4 is 17.9 Å². The number of rotatable bonds is 4. The number of nitrogens with one attached hydrogen (secondary N) is 2. The van der Waals surface area contributed by atoms with Crippen LogP contribution in [0.2, 0.25) is 0 Å². The summed E-state index contributed by atoms with van der Waals surface area (Å²) in [4.78, 5) is 27.3. The van der Waals surface area contributed by atoms with Crippen molar-refractivity contribution in [2.45, 2.75) is 31.6 Å². The first-order valence-electron chi connectivity index (χ1n) is 12.4. The van der Waals surface area contributed by atoms with Gasteiger partial charge in [-0.2, -0.15) is 0 Å². The fourth-order valence-corrected chi connectivity index (χ4v) is 4.69. The lowest BCUT2D eigenvalue weighted by Gasteiger charge is -2.26. The Morgan fingerprint density at radius 2 is 1.86 bits per heavy atom. The highest BCUT2D eigenvalue weighted by Crippen LogP contribution is 2.30. The number of amides is 2. The minimum absolute atomic E-state index is 0.0253. The van der Waals surface area contributed by atoms with Gasteiger partial charge in [-0.25, -0.2) is 0 Å². The van der Waals surface area contributed by atoms with E-state index in [0.29, 0.717) is 45.8 Å². The third kappa shape index (κ3) is 7.33. The molecule has 0 bridgehead atoms. The van der Waals surface area contributed by atoms with Crippen LogP contribution in [0.4, 0.5) is 0 Å². The number of benzene rings is 2. The van der Waals surface area contributed by atoms with Gasteiger partial charge in [0.05, 0.1) is 13.7 Å². The molecule has 1 atom stereocenters. The highest BCUT2D eigenvalue weighted by molar-refractivity contribution is 5.78. The first kappa shape index (κ1) is 24.8. The van der Waals surface area contributed by atoms with Crippen molar-refractivity contribution in [2.24, 2.45) is 0 Å². The Labute approximate surface area is 207 Å². The second kappa shape index (κ2) is 12.4. The predicted octanol–water partition coefficient (Wildman–Crippen LogP) is 3.36. The van der Waals surface area contributed by atoms with Crippen LogP contribution in [0.5, 0.6) is 11.5 Å². The number of hydrogen-bond donors (Lipinski definition) is 2. The first-order chi connectivity index (χ1) is 17.1. The molecule has 0 radical (unpaired) electrons. The second-order valence-electron chi connectivity index (χ2n) is 9.19. The van der Waals surface area contributed by atoms with Gasteiger partial charge in [0.25, 0.3) is 0 Å². The molecule has 186 valence electrons. The smallest absolute Gasteiger partial charge is 0.234 e. The maximum atomic E-state index is 12.8. The Hall–Kier alpha value is -3.32. The minimum atomic E-state index is 0.0253. The normalized spacial score (nSPS) is 20.4. The Morgan fingerprint density at radius 3 is 2.69 bits per heavy atom. The van der Waals surface area contributed by atoms with E-state index in [1.807, 2.05) is 36.4 Å². The van der Waals surface area contributed by atoms with E-state index in [1.54, 1.807) is 7.11 Å². The quantitative estimate of drug-likeness (QED) is 0.706. The summed E-state index contributed by atoms with van der Waals surface area (Å²) in [5.74, 6) is 1.98. The van der Waals surface area contributed by atoms with Gasteiger partial charge in [-0.1, -0.05) is 30.3 Å². The number of carbonyl (C=O) groups is 2. The topological polar surface area (TPSA) is 79.9 Å². The van der Waals surface area contributed by atoms with Crippen LogP contribution in [0, 0.1) is 0 Å². The molecule has 4 rings (SSSR count). The van der Waals surface area contributed by atoms with Crippen molar-refractivity contribution in [1.82, 2.24) is 15.5 Å². The summed E-state index contributed by atoms with van der Waals surface area (Å²) in [5, 5.41) is 6.15. The molecule has 0 aromatic heterocycles. The summed E-state index contributed by atoms with van der Waals surface area (Å²) >= 11 is 0. The number of methoxy groups -OCH3 is 1. The van der Waals surface area contributed by atoms with Crippen LogP contribution in [0.1, 0.15) is 42.7 Å². The molecule has 1 saturated heterocycles. The lowest BCUT2D eigenvalue weighted by molar-refractivity contribution is -0.123. The fourth-order valence-electron chi connectivity index (χ4n) is 4.69. The Balaban J connectivity index is 1.41. The van der Waals surface area contributed by atoms with E-state index in [-0.39, 0.29) is 17.7 Å². The van der Waals surface area contributed by atoms with Crippen LogP contribution in [-0.4, -0.2) is 63.2 Å². The van der Waals surface area contributed by atoms with Gasteiger partial charge in [-0.3, -0.25) is 14.5 Å². The molecule has 0 spiro atoms. The highest BCUT2D eigenvalue weighted by atomic mass is 16.5. The fraction of sp³-hybridized carbons (Fsp3) is 0.429. The average molecular weight is 478 g/mol. The van der Waals surface area contributed by atoms with Gasteiger partial charge in [0.2, 0.25) is 11.8 Å². The Bertz CT molecular complexity index is 1040. The van der Waals surface area contributed by atoms with Crippen LogP contribution in [-0.2, 0) is 9.59 Å². The molecule has 7 nitrogen and oxygen atoms in total. The zero-order chi connectivity index (χ0) is 24.5. The highest BCUT2D eigenvalue weighted by Gasteiger charge is 2.19. The number of ether oxygens (including phenoxy) is 2. The summed E-state index contributed by atoms with van der Waals surface area (Å²) < 4.78 is 11.3. The van der Waals surface area contributed by atoms with Gasteiger partial charge in [0.15, 0.2) is 0 Å². The molecule has 2 N–H and O–H groups in total. The lowest BCUT2D eigenvalue weighted by atomic mass is 9.91. The predicted molar refractivity (Wildman–Crippen MR) is 137 cm³/mol. The van der Waals surface area contributed by atoms with E-state index in [9.17, 15) is 9.59 Å². The van der Waals surface area contributed by atoms with E-state index in [4.69, 9.17) is 9.47 Å². The molecule has 2 heterocycles. The molecule has 35 heavy (non-hydrogen) atoms. The third-order valence-corrected chi connectivity index (χ3v) is 6.56. The van der Waals surface area contributed by atoms with Gasteiger partial charge in [-0.05, 0) is 60.6 Å². The van der Waals surface area contributed by atoms with Crippen molar-refractivity contribution in [2.75, 3.05) is 46.4 Å². The lowest BCUT2D eigenvalue weighted by Crippen LogP contribution is -2.41.